The van der Waals surface area contributed by atoms with Crippen molar-refractivity contribution < 1.29 is 9.53 Å². The molecule has 1 aromatic carbocycles. The van der Waals surface area contributed by atoms with Crippen LogP contribution in [0.3, 0.4) is 0 Å². The highest BCUT2D eigenvalue weighted by atomic mass is 16.5. The average molecular weight is 369 g/mol. The van der Waals surface area contributed by atoms with Crippen LogP contribution in [0, 0.1) is 0 Å². The van der Waals surface area contributed by atoms with Crippen LogP contribution in [0.5, 0.6) is 0 Å². The van der Waals surface area contributed by atoms with Crippen LogP contribution >= 0.6 is 0 Å². The van der Waals surface area contributed by atoms with Crippen molar-refractivity contribution in [2.24, 2.45) is 7.05 Å². The Morgan fingerprint density at radius 1 is 1.30 bits per heavy atom. The Labute approximate surface area is 159 Å². The zero-order valence-corrected chi connectivity index (χ0v) is 15.8. The molecule has 2 aliphatic heterocycles. The highest BCUT2D eigenvalue weighted by molar-refractivity contribution is 5.82. The Bertz CT molecular complexity index is 763. The molecule has 1 N–H and O–H groups in total. The molecule has 2 aliphatic rings. The third-order valence-corrected chi connectivity index (χ3v) is 5.36. The summed E-state index contributed by atoms with van der Waals surface area (Å²) in [5.74, 6) is 0.981. The molecule has 0 bridgehead atoms. The van der Waals surface area contributed by atoms with E-state index in [2.05, 4.69) is 39.5 Å². The molecule has 27 heavy (non-hydrogen) atoms. The monoisotopic (exact) mass is 369 g/mol. The maximum atomic E-state index is 13.3. The van der Waals surface area contributed by atoms with Crippen molar-refractivity contribution in [1.82, 2.24) is 24.7 Å². The van der Waals surface area contributed by atoms with Gasteiger partial charge in [0, 0.05) is 58.7 Å². The normalized spacial score (nSPS) is 24.1. The lowest BCUT2D eigenvalue weighted by Crippen LogP contribution is -2.56. The van der Waals surface area contributed by atoms with E-state index in [0.717, 1.165) is 32.0 Å². The van der Waals surface area contributed by atoms with E-state index in [1.165, 1.54) is 5.56 Å². The molecular weight excluding hydrogens is 342 g/mol. The lowest BCUT2D eigenvalue weighted by atomic mass is 10.1. The Hall–Kier alpha value is -2.22. The molecule has 4 rings (SSSR count). The minimum absolute atomic E-state index is 0.0562. The first kappa shape index (κ1) is 18.2. The maximum absolute atomic E-state index is 13.3. The van der Waals surface area contributed by atoms with Gasteiger partial charge in [-0.3, -0.25) is 9.69 Å². The number of rotatable bonds is 4. The number of morpholine rings is 1. The number of carbonyl (C=O) groups excluding carboxylic acids is 1. The fraction of sp³-hybridized carbons (Fsp3) is 0.500. The summed E-state index contributed by atoms with van der Waals surface area (Å²) in [7, 11) is 1.97. The third-order valence-electron chi connectivity index (χ3n) is 5.36. The second kappa shape index (κ2) is 8.21. The number of hydrogen-bond acceptors (Lipinski definition) is 5. The van der Waals surface area contributed by atoms with Crippen LogP contribution in [0.2, 0.25) is 0 Å². The van der Waals surface area contributed by atoms with E-state index in [-0.39, 0.29) is 11.9 Å². The first-order valence-corrected chi connectivity index (χ1v) is 9.58. The van der Waals surface area contributed by atoms with Crippen LogP contribution < -0.4 is 5.32 Å². The number of imidazole rings is 1. The van der Waals surface area contributed by atoms with E-state index in [1.807, 2.05) is 28.8 Å². The van der Waals surface area contributed by atoms with Crippen molar-refractivity contribution in [3.63, 3.8) is 0 Å². The molecule has 2 fully saturated rings. The molecule has 2 atom stereocenters. The van der Waals surface area contributed by atoms with E-state index < -0.39 is 6.10 Å². The molecule has 0 spiro atoms. The molecule has 0 saturated carbocycles. The van der Waals surface area contributed by atoms with Crippen molar-refractivity contribution in [3.05, 3.63) is 54.1 Å². The van der Waals surface area contributed by atoms with E-state index in [0.29, 0.717) is 19.7 Å². The molecular formula is C20H27N5O2. The van der Waals surface area contributed by atoms with Gasteiger partial charge in [0.05, 0.1) is 6.61 Å². The molecule has 0 aliphatic carbocycles. The molecule has 2 saturated heterocycles. The smallest absolute Gasteiger partial charge is 0.253 e. The second-order valence-electron chi connectivity index (χ2n) is 7.23. The summed E-state index contributed by atoms with van der Waals surface area (Å²) in [6.07, 6.45) is 3.29. The minimum atomic E-state index is -0.414. The summed E-state index contributed by atoms with van der Waals surface area (Å²) in [6.45, 7) is 5.10. The maximum Gasteiger partial charge on any atom is 0.253 e. The van der Waals surface area contributed by atoms with Crippen LogP contribution in [-0.4, -0.2) is 70.7 Å². The first-order valence-electron chi connectivity index (χ1n) is 9.58. The highest BCUT2D eigenvalue weighted by Gasteiger charge is 2.36. The third kappa shape index (κ3) is 4.05. The summed E-state index contributed by atoms with van der Waals surface area (Å²) in [6, 6.07) is 10.3. The standard InChI is InChI=1S/C20H27N5O2/c1-23-9-8-22-19(23)17-13-21-7-10-25(17)20(26)18-15-24(11-12-27-18)14-16-5-3-2-4-6-16/h2-6,8-9,17-18,21H,7,10-15H2,1H3. The summed E-state index contributed by atoms with van der Waals surface area (Å²) < 4.78 is 7.86. The zero-order chi connectivity index (χ0) is 18.6. The first-order chi connectivity index (χ1) is 13.2. The average Bonchev–Trinajstić information content (AvgIpc) is 3.14. The quantitative estimate of drug-likeness (QED) is 0.864. The van der Waals surface area contributed by atoms with Crippen molar-refractivity contribution in [3.8, 4) is 0 Å². The van der Waals surface area contributed by atoms with E-state index in [4.69, 9.17) is 4.74 Å². The fourth-order valence-corrected chi connectivity index (χ4v) is 3.92. The molecule has 1 aromatic heterocycles. The summed E-state index contributed by atoms with van der Waals surface area (Å²) in [5.41, 5.74) is 1.26. The van der Waals surface area contributed by atoms with Gasteiger partial charge in [0.25, 0.3) is 5.91 Å². The van der Waals surface area contributed by atoms with Gasteiger partial charge in [-0.2, -0.15) is 0 Å². The van der Waals surface area contributed by atoms with Crippen LogP contribution in [0.15, 0.2) is 42.7 Å². The highest BCUT2D eigenvalue weighted by Crippen LogP contribution is 2.23. The van der Waals surface area contributed by atoms with Crippen molar-refractivity contribution in [2.75, 3.05) is 39.3 Å². The fourth-order valence-electron chi connectivity index (χ4n) is 3.92. The number of benzene rings is 1. The summed E-state index contributed by atoms with van der Waals surface area (Å²) in [4.78, 5) is 22.0. The van der Waals surface area contributed by atoms with E-state index in [1.54, 1.807) is 6.20 Å². The Balaban J connectivity index is 1.45. The molecule has 3 heterocycles. The van der Waals surface area contributed by atoms with Gasteiger partial charge in [-0.15, -0.1) is 0 Å². The second-order valence-corrected chi connectivity index (χ2v) is 7.23. The van der Waals surface area contributed by atoms with Gasteiger partial charge in [-0.1, -0.05) is 30.3 Å². The number of aryl methyl sites for hydroxylation is 1. The van der Waals surface area contributed by atoms with Crippen LogP contribution in [0.25, 0.3) is 0 Å². The van der Waals surface area contributed by atoms with E-state index in [9.17, 15) is 4.79 Å². The number of piperazine rings is 1. The SMILES string of the molecule is Cn1ccnc1C1CNCCN1C(=O)C1CN(Cc2ccccc2)CCO1. The lowest BCUT2D eigenvalue weighted by Gasteiger charge is -2.40. The summed E-state index contributed by atoms with van der Waals surface area (Å²) in [5, 5.41) is 3.38. The predicted octanol–water partition coefficient (Wildman–Crippen LogP) is 0.794. The number of ether oxygens (including phenoxy) is 1. The van der Waals surface area contributed by atoms with Crippen LogP contribution in [0.4, 0.5) is 0 Å². The van der Waals surface area contributed by atoms with Crippen molar-refractivity contribution in [2.45, 2.75) is 18.7 Å². The zero-order valence-electron chi connectivity index (χ0n) is 15.8. The molecule has 2 aromatic rings. The number of amides is 1. The largest absolute Gasteiger partial charge is 0.366 e. The Morgan fingerprint density at radius 2 is 2.15 bits per heavy atom. The number of carbonyl (C=O) groups is 1. The Kier molecular flexibility index (Phi) is 5.52. The van der Waals surface area contributed by atoms with Crippen LogP contribution in [-0.2, 0) is 23.1 Å². The molecule has 7 nitrogen and oxygen atoms in total. The molecule has 144 valence electrons. The number of nitrogens with one attached hydrogen (secondary N) is 1. The van der Waals surface area contributed by atoms with Gasteiger partial charge in [-0.05, 0) is 5.56 Å². The van der Waals surface area contributed by atoms with Gasteiger partial charge in [0.2, 0.25) is 0 Å². The van der Waals surface area contributed by atoms with Gasteiger partial charge < -0.3 is 19.5 Å². The summed E-state index contributed by atoms with van der Waals surface area (Å²) >= 11 is 0. The van der Waals surface area contributed by atoms with Gasteiger partial charge in [0.15, 0.2) is 0 Å². The van der Waals surface area contributed by atoms with Gasteiger partial charge in [0.1, 0.15) is 18.0 Å². The van der Waals surface area contributed by atoms with Crippen molar-refractivity contribution in [1.29, 1.82) is 0 Å². The molecule has 2 unspecified atom stereocenters. The van der Waals surface area contributed by atoms with Gasteiger partial charge >= 0.3 is 0 Å². The van der Waals surface area contributed by atoms with E-state index >= 15 is 0 Å². The molecule has 1 amide bonds. The van der Waals surface area contributed by atoms with Gasteiger partial charge in [-0.25, -0.2) is 4.98 Å². The van der Waals surface area contributed by atoms with Crippen molar-refractivity contribution >= 4 is 5.91 Å². The molecule has 7 heteroatoms. The number of nitrogens with zero attached hydrogens (tertiary/aromatic N) is 4. The van der Waals surface area contributed by atoms with Crippen LogP contribution in [0.1, 0.15) is 17.4 Å². The lowest BCUT2D eigenvalue weighted by molar-refractivity contribution is -0.153. The number of hydrogen-bond donors (Lipinski definition) is 1. The minimum Gasteiger partial charge on any atom is -0.366 e. The Morgan fingerprint density at radius 3 is 2.93 bits per heavy atom. The topological polar surface area (TPSA) is 62.6 Å². The molecule has 0 radical (unpaired) electrons. The number of aromatic nitrogens is 2. The predicted molar refractivity (Wildman–Crippen MR) is 102 cm³/mol.